The average molecular weight is 460 g/mol. The van der Waals surface area contributed by atoms with Crippen LogP contribution in [0.2, 0.25) is 0 Å². The Morgan fingerprint density at radius 2 is 1.81 bits per heavy atom. The average Bonchev–Trinajstić information content (AvgIpc) is 3.17. The molecule has 1 aromatic heterocycles. The van der Waals surface area contributed by atoms with E-state index < -0.39 is 5.25 Å². The summed E-state index contributed by atoms with van der Waals surface area (Å²) in [7, 11) is 0. The Hall–Kier alpha value is -2.98. The number of carbonyl (C=O) groups is 2. The van der Waals surface area contributed by atoms with Crippen LogP contribution in [-0.2, 0) is 9.59 Å². The molecular formula is C21H22FN5O2S2. The molecule has 1 heterocycles. The third kappa shape index (κ3) is 6.25. The first-order valence-corrected chi connectivity index (χ1v) is 11.2. The Labute approximate surface area is 187 Å². The van der Waals surface area contributed by atoms with Crippen LogP contribution in [0.3, 0.4) is 0 Å². The van der Waals surface area contributed by atoms with E-state index in [0.717, 1.165) is 16.8 Å². The summed E-state index contributed by atoms with van der Waals surface area (Å²) in [5.74, 6) is -0.977. The molecule has 3 N–H and O–H groups in total. The predicted octanol–water partition coefficient (Wildman–Crippen LogP) is 4.27. The van der Waals surface area contributed by atoms with Gasteiger partial charge in [-0.25, -0.2) is 4.39 Å². The molecule has 3 rings (SSSR count). The van der Waals surface area contributed by atoms with Crippen molar-refractivity contribution in [1.29, 1.82) is 0 Å². The molecule has 0 saturated carbocycles. The monoisotopic (exact) mass is 459 g/mol. The number of benzene rings is 2. The van der Waals surface area contributed by atoms with Crippen molar-refractivity contribution in [2.75, 3.05) is 17.2 Å². The SMILES string of the molecule is Cc1cccc(C)c1NC(=O)CNC(=O)C(C)Sc1nnc(Nc2ccccc2F)s1. The van der Waals surface area contributed by atoms with Crippen LogP contribution in [0.5, 0.6) is 0 Å². The number of thioether (sulfide) groups is 1. The predicted molar refractivity (Wildman–Crippen MR) is 122 cm³/mol. The smallest absolute Gasteiger partial charge is 0.243 e. The van der Waals surface area contributed by atoms with Gasteiger partial charge in [0.15, 0.2) is 4.34 Å². The summed E-state index contributed by atoms with van der Waals surface area (Å²) in [5, 5.41) is 16.3. The van der Waals surface area contributed by atoms with Crippen molar-refractivity contribution < 1.29 is 14.0 Å². The van der Waals surface area contributed by atoms with Gasteiger partial charge in [-0.05, 0) is 44.0 Å². The van der Waals surface area contributed by atoms with Crippen LogP contribution in [0.4, 0.5) is 20.9 Å². The molecule has 2 aromatic carbocycles. The Morgan fingerprint density at radius 1 is 1.10 bits per heavy atom. The van der Waals surface area contributed by atoms with Crippen molar-refractivity contribution in [2.24, 2.45) is 0 Å². The molecule has 0 aliphatic heterocycles. The summed E-state index contributed by atoms with van der Waals surface area (Å²) in [6, 6.07) is 12.0. The third-order valence-corrected chi connectivity index (χ3v) is 6.36. The molecule has 1 unspecified atom stereocenters. The molecule has 0 saturated heterocycles. The van der Waals surface area contributed by atoms with E-state index >= 15 is 0 Å². The minimum Gasteiger partial charge on any atom is -0.346 e. The summed E-state index contributed by atoms with van der Waals surface area (Å²) in [6.07, 6.45) is 0. The second kappa shape index (κ2) is 10.4. The van der Waals surface area contributed by atoms with E-state index in [4.69, 9.17) is 0 Å². The van der Waals surface area contributed by atoms with Crippen molar-refractivity contribution in [1.82, 2.24) is 15.5 Å². The van der Waals surface area contributed by atoms with Crippen LogP contribution < -0.4 is 16.0 Å². The van der Waals surface area contributed by atoms with Gasteiger partial charge in [-0.15, -0.1) is 10.2 Å². The maximum atomic E-state index is 13.7. The summed E-state index contributed by atoms with van der Waals surface area (Å²) in [5.41, 5.74) is 2.98. The lowest BCUT2D eigenvalue weighted by atomic mass is 10.1. The Kier molecular flexibility index (Phi) is 7.59. The largest absolute Gasteiger partial charge is 0.346 e. The van der Waals surface area contributed by atoms with Gasteiger partial charge in [-0.3, -0.25) is 9.59 Å². The van der Waals surface area contributed by atoms with Crippen molar-refractivity contribution >= 4 is 51.4 Å². The molecule has 31 heavy (non-hydrogen) atoms. The molecule has 0 aliphatic rings. The second-order valence-electron chi connectivity index (χ2n) is 6.77. The molecule has 1 atom stereocenters. The van der Waals surface area contributed by atoms with E-state index in [2.05, 4.69) is 26.1 Å². The molecule has 0 fully saturated rings. The normalized spacial score (nSPS) is 11.6. The number of anilines is 3. The van der Waals surface area contributed by atoms with Crippen molar-refractivity contribution in [2.45, 2.75) is 30.4 Å². The zero-order chi connectivity index (χ0) is 22.4. The molecule has 162 valence electrons. The maximum absolute atomic E-state index is 13.7. The van der Waals surface area contributed by atoms with Gasteiger partial charge in [0.2, 0.25) is 16.9 Å². The highest BCUT2D eigenvalue weighted by Crippen LogP contribution is 2.31. The quantitative estimate of drug-likeness (QED) is 0.435. The fourth-order valence-corrected chi connectivity index (χ4v) is 4.63. The van der Waals surface area contributed by atoms with Crippen LogP contribution >= 0.6 is 23.1 Å². The molecular weight excluding hydrogens is 437 g/mol. The van der Waals surface area contributed by atoms with Crippen LogP contribution in [0.25, 0.3) is 0 Å². The van der Waals surface area contributed by atoms with Crippen molar-refractivity contribution in [3.05, 3.63) is 59.4 Å². The number of aromatic nitrogens is 2. The van der Waals surface area contributed by atoms with E-state index in [9.17, 15) is 14.0 Å². The van der Waals surface area contributed by atoms with E-state index in [-0.39, 0.29) is 24.2 Å². The second-order valence-corrected chi connectivity index (χ2v) is 9.34. The highest BCUT2D eigenvalue weighted by Gasteiger charge is 2.18. The Balaban J connectivity index is 1.49. The van der Waals surface area contributed by atoms with Gasteiger partial charge in [-0.2, -0.15) is 0 Å². The fourth-order valence-electron chi connectivity index (χ4n) is 2.70. The van der Waals surface area contributed by atoms with E-state index in [0.29, 0.717) is 15.2 Å². The summed E-state index contributed by atoms with van der Waals surface area (Å²) < 4.78 is 14.3. The summed E-state index contributed by atoms with van der Waals surface area (Å²) in [6.45, 7) is 5.41. The highest BCUT2D eigenvalue weighted by molar-refractivity contribution is 8.02. The molecule has 2 amide bonds. The van der Waals surface area contributed by atoms with Gasteiger partial charge in [0.05, 0.1) is 17.5 Å². The molecule has 3 aromatic rings. The minimum absolute atomic E-state index is 0.131. The minimum atomic E-state index is -0.484. The van der Waals surface area contributed by atoms with E-state index in [1.807, 2.05) is 32.0 Å². The maximum Gasteiger partial charge on any atom is 0.243 e. The number of rotatable bonds is 8. The lowest BCUT2D eigenvalue weighted by Crippen LogP contribution is -2.37. The van der Waals surface area contributed by atoms with Crippen LogP contribution in [0.15, 0.2) is 46.8 Å². The molecule has 0 spiro atoms. The number of para-hydroxylation sites is 2. The molecule has 7 nitrogen and oxygen atoms in total. The first-order chi connectivity index (χ1) is 14.8. The van der Waals surface area contributed by atoms with Gasteiger partial charge in [-0.1, -0.05) is 53.4 Å². The lowest BCUT2D eigenvalue weighted by molar-refractivity contribution is -0.123. The molecule has 10 heteroatoms. The van der Waals surface area contributed by atoms with E-state index in [1.165, 1.54) is 29.2 Å². The van der Waals surface area contributed by atoms with Gasteiger partial charge in [0.1, 0.15) is 5.82 Å². The number of aryl methyl sites for hydroxylation is 2. The van der Waals surface area contributed by atoms with Crippen LogP contribution in [-0.4, -0.2) is 33.8 Å². The number of halogens is 1. The Bertz CT molecular complexity index is 1070. The third-order valence-electron chi connectivity index (χ3n) is 4.34. The van der Waals surface area contributed by atoms with Crippen LogP contribution in [0, 0.1) is 19.7 Å². The van der Waals surface area contributed by atoms with Crippen molar-refractivity contribution in [3.63, 3.8) is 0 Å². The fraction of sp³-hybridized carbons (Fsp3) is 0.238. The lowest BCUT2D eigenvalue weighted by Gasteiger charge is -2.13. The number of amides is 2. The number of carbonyl (C=O) groups excluding carboxylic acids is 2. The number of hydrogen-bond acceptors (Lipinski definition) is 7. The molecule has 0 bridgehead atoms. The molecule has 0 radical (unpaired) electrons. The van der Waals surface area contributed by atoms with Crippen molar-refractivity contribution in [3.8, 4) is 0 Å². The zero-order valence-electron chi connectivity index (χ0n) is 17.2. The number of nitrogens with one attached hydrogen (secondary N) is 3. The molecule has 0 aliphatic carbocycles. The highest BCUT2D eigenvalue weighted by atomic mass is 32.2. The zero-order valence-corrected chi connectivity index (χ0v) is 18.9. The summed E-state index contributed by atoms with van der Waals surface area (Å²) in [4.78, 5) is 24.6. The number of hydrogen-bond donors (Lipinski definition) is 3. The first kappa shape index (κ1) is 22.7. The standard InChI is InChI=1S/C21H22FN5O2S2/c1-12-7-6-8-13(2)18(12)25-17(28)11-23-19(29)14(3)30-21-27-26-20(31-21)24-16-10-5-4-9-15(16)22/h4-10,14H,11H2,1-3H3,(H,23,29)(H,24,26)(H,25,28). The first-order valence-electron chi connectivity index (χ1n) is 9.49. The van der Waals surface area contributed by atoms with Gasteiger partial charge < -0.3 is 16.0 Å². The van der Waals surface area contributed by atoms with Crippen LogP contribution in [0.1, 0.15) is 18.1 Å². The topological polar surface area (TPSA) is 96.0 Å². The Morgan fingerprint density at radius 3 is 2.52 bits per heavy atom. The van der Waals surface area contributed by atoms with Gasteiger partial charge >= 0.3 is 0 Å². The number of nitrogens with zero attached hydrogens (tertiary/aromatic N) is 2. The van der Waals surface area contributed by atoms with E-state index in [1.54, 1.807) is 25.1 Å². The van der Waals surface area contributed by atoms with Gasteiger partial charge in [0.25, 0.3) is 0 Å². The summed E-state index contributed by atoms with van der Waals surface area (Å²) >= 11 is 2.43. The van der Waals surface area contributed by atoms with Gasteiger partial charge in [0, 0.05) is 5.69 Å².